The normalized spacial score (nSPS) is 19.3. The highest BCUT2D eigenvalue weighted by molar-refractivity contribution is 7.98. The minimum atomic E-state index is -0.680. The maximum atomic E-state index is 14.0. The molecule has 2 rings (SSSR count). The van der Waals surface area contributed by atoms with Gasteiger partial charge in [-0.1, -0.05) is 19.3 Å². The van der Waals surface area contributed by atoms with Gasteiger partial charge in [-0.3, -0.25) is 0 Å². The van der Waals surface area contributed by atoms with Crippen LogP contribution in [0.4, 0.5) is 8.78 Å². The SMILES string of the molecule is CSc1cc(F)c(C2(N)CCCCC2)cc1F. The van der Waals surface area contributed by atoms with Crippen molar-refractivity contribution >= 4 is 11.8 Å². The molecule has 0 unspecified atom stereocenters. The molecule has 1 aliphatic rings. The number of hydrogen-bond donors (Lipinski definition) is 1. The topological polar surface area (TPSA) is 26.0 Å². The van der Waals surface area contributed by atoms with E-state index in [0.717, 1.165) is 32.1 Å². The number of nitrogens with two attached hydrogens (primary N) is 1. The molecule has 0 spiro atoms. The minimum absolute atomic E-state index is 0.339. The monoisotopic (exact) mass is 257 g/mol. The van der Waals surface area contributed by atoms with Crippen LogP contribution in [0.3, 0.4) is 0 Å². The fourth-order valence-electron chi connectivity index (χ4n) is 2.52. The molecule has 1 saturated carbocycles. The Labute approximate surface area is 105 Å². The fourth-order valence-corrected chi connectivity index (χ4v) is 2.99. The lowest BCUT2D eigenvalue weighted by atomic mass is 9.77. The molecule has 1 nitrogen and oxygen atoms in total. The van der Waals surface area contributed by atoms with Crippen molar-refractivity contribution in [3.63, 3.8) is 0 Å². The number of hydrogen-bond acceptors (Lipinski definition) is 2. The highest BCUT2D eigenvalue weighted by atomic mass is 32.2. The van der Waals surface area contributed by atoms with E-state index >= 15 is 0 Å². The van der Waals surface area contributed by atoms with Crippen LogP contribution in [0.15, 0.2) is 17.0 Å². The zero-order chi connectivity index (χ0) is 12.5. The van der Waals surface area contributed by atoms with Gasteiger partial charge in [0.2, 0.25) is 0 Å². The van der Waals surface area contributed by atoms with Crippen molar-refractivity contribution in [3.05, 3.63) is 29.3 Å². The van der Waals surface area contributed by atoms with E-state index in [4.69, 9.17) is 5.73 Å². The maximum absolute atomic E-state index is 14.0. The third kappa shape index (κ3) is 2.47. The maximum Gasteiger partial charge on any atom is 0.137 e. The largest absolute Gasteiger partial charge is 0.321 e. The van der Waals surface area contributed by atoms with Crippen LogP contribution in [0, 0.1) is 11.6 Å². The molecule has 0 amide bonds. The molecule has 17 heavy (non-hydrogen) atoms. The van der Waals surface area contributed by atoms with Gasteiger partial charge in [-0.25, -0.2) is 8.78 Å². The summed E-state index contributed by atoms with van der Waals surface area (Å²) in [5.41, 5.74) is 5.89. The van der Waals surface area contributed by atoms with Crippen LogP contribution in [-0.4, -0.2) is 6.26 Å². The summed E-state index contributed by atoms with van der Waals surface area (Å²) in [5.74, 6) is -0.746. The average Bonchev–Trinajstić information content (AvgIpc) is 2.32. The summed E-state index contributed by atoms with van der Waals surface area (Å²) in [6.07, 6.45) is 6.32. The van der Waals surface area contributed by atoms with E-state index in [-0.39, 0.29) is 11.6 Å². The van der Waals surface area contributed by atoms with Crippen LogP contribution in [0.2, 0.25) is 0 Å². The van der Waals surface area contributed by atoms with E-state index in [9.17, 15) is 8.78 Å². The Hall–Kier alpha value is -0.610. The lowest BCUT2D eigenvalue weighted by Crippen LogP contribution is -2.39. The van der Waals surface area contributed by atoms with Crippen LogP contribution in [0.5, 0.6) is 0 Å². The van der Waals surface area contributed by atoms with E-state index in [1.54, 1.807) is 6.26 Å². The lowest BCUT2D eigenvalue weighted by Gasteiger charge is -2.34. The Kier molecular flexibility index (Phi) is 3.73. The van der Waals surface area contributed by atoms with Gasteiger partial charge in [-0.05, 0) is 31.2 Å². The predicted molar refractivity (Wildman–Crippen MR) is 67.1 cm³/mol. The Morgan fingerprint density at radius 2 is 1.76 bits per heavy atom. The number of rotatable bonds is 2. The minimum Gasteiger partial charge on any atom is -0.321 e. The van der Waals surface area contributed by atoms with Gasteiger partial charge in [0.05, 0.1) is 0 Å². The summed E-state index contributed by atoms with van der Waals surface area (Å²) in [4.78, 5) is 0.339. The lowest BCUT2D eigenvalue weighted by molar-refractivity contribution is 0.291. The smallest absolute Gasteiger partial charge is 0.137 e. The highest BCUT2D eigenvalue weighted by Gasteiger charge is 2.32. The molecule has 0 radical (unpaired) electrons. The molecule has 0 bridgehead atoms. The van der Waals surface area contributed by atoms with Gasteiger partial charge in [-0.15, -0.1) is 11.8 Å². The summed E-state index contributed by atoms with van der Waals surface area (Å²) in [6, 6.07) is 2.55. The molecule has 1 fully saturated rings. The van der Waals surface area contributed by atoms with Crippen LogP contribution in [0.1, 0.15) is 37.7 Å². The van der Waals surface area contributed by atoms with Crippen molar-refractivity contribution in [2.24, 2.45) is 5.73 Å². The summed E-state index contributed by atoms with van der Waals surface area (Å²) >= 11 is 1.21. The van der Waals surface area contributed by atoms with E-state index in [1.807, 2.05) is 0 Å². The third-order valence-electron chi connectivity index (χ3n) is 3.52. The zero-order valence-corrected chi connectivity index (χ0v) is 10.7. The van der Waals surface area contributed by atoms with Crippen molar-refractivity contribution in [3.8, 4) is 0 Å². The van der Waals surface area contributed by atoms with Crippen molar-refractivity contribution in [1.82, 2.24) is 0 Å². The molecule has 0 saturated heterocycles. The molecule has 0 heterocycles. The second kappa shape index (κ2) is 4.94. The second-order valence-electron chi connectivity index (χ2n) is 4.68. The predicted octanol–water partition coefficient (Wildman–Crippen LogP) is 3.80. The summed E-state index contributed by atoms with van der Waals surface area (Å²) in [5, 5.41) is 0. The van der Waals surface area contributed by atoms with E-state index in [2.05, 4.69) is 0 Å². The average molecular weight is 257 g/mol. The van der Waals surface area contributed by atoms with Gasteiger partial charge in [0.25, 0.3) is 0 Å². The van der Waals surface area contributed by atoms with Gasteiger partial charge in [0.1, 0.15) is 11.6 Å². The Morgan fingerprint density at radius 3 is 2.35 bits per heavy atom. The van der Waals surface area contributed by atoms with Crippen molar-refractivity contribution in [2.45, 2.75) is 42.5 Å². The summed E-state index contributed by atoms with van der Waals surface area (Å²) < 4.78 is 27.7. The van der Waals surface area contributed by atoms with Crippen molar-refractivity contribution < 1.29 is 8.78 Å². The molecule has 1 aromatic rings. The van der Waals surface area contributed by atoms with Crippen molar-refractivity contribution in [1.29, 1.82) is 0 Å². The van der Waals surface area contributed by atoms with Crippen LogP contribution in [-0.2, 0) is 5.54 Å². The first-order valence-electron chi connectivity index (χ1n) is 5.89. The fraction of sp³-hybridized carbons (Fsp3) is 0.538. The molecule has 4 heteroatoms. The third-order valence-corrected chi connectivity index (χ3v) is 4.28. The van der Waals surface area contributed by atoms with Crippen molar-refractivity contribution in [2.75, 3.05) is 6.26 Å². The molecule has 0 aromatic heterocycles. The first-order valence-corrected chi connectivity index (χ1v) is 7.12. The Bertz CT molecular complexity index is 414. The number of benzene rings is 1. The summed E-state index contributed by atoms with van der Waals surface area (Å²) in [7, 11) is 0. The van der Waals surface area contributed by atoms with Gasteiger partial charge in [0, 0.05) is 16.0 Å². The second-order valence-corrected chi connectivity index (χ2v) is 5.53. The molecular formula is C13H17F2NS. The Morgan fingerprint density at radius 1 is 1.12 bits per heavy atom. The quantitative estimate of drug-likeness (QED) is 0.815. The highest BCUT2D eigenvalue weighted by Crippen LogP contribution is 2.37. The van der Waals surface area contributed by atoms with Crippen LogP contribution >= 0.6 is 11.8 Å². The Balaban J connectivity index is 2.41. The molecule has 1 aliphatic carbocycles. The molecule has 1 aromatic carbocycles. The summed E-state index contributed by atoms with van der Waals surface area (Å²) in [6.45, 7) is 0. The van der Waals surface area contributed by atoms with E-state index < -0.39 is 5.54 Å². The van der Waals surface area contributed by atoms with Gasteiger partial charge in [0.15, 0.2) is 0 Å². The molecular weight excluding hydrogens is 240 g/mol. The van der Waals surface area contributed by atoms with E-state index in [1.165, 1.54) is 23.9 Å². The van der Waals surface area contributed by atoms with Gasteiger partial charge >= 0.3 is 0 Å². The standard InChI is InChI=1S/C13H17F2NS/c1-17-12-8-10(14)9(7-11(12)15)13(16)5-3-2-4-6-13/h7-8H,2-6,16H2,1H3. The van der Waals surface area contributed by atoms with Crippen LogP contribution in [0.25, 0.3) is 0 Å². The first-order chi connectivity index (χ1) is 8.07. The van der Waals surface area contributed by atoms with Gasteiger partial charge < -0.3 is 5.73 Å². The number of thioether (sulfide) groups is 1. The van der Waals surface area contributed by atoms with E-state index in [0.29, 0.717) is 10.5 Å². The molecule has 2 N–H and O–H groups in total. The first kappa shape index (κ1) is 12.8. The number of halogens is 2. The zero-order valence-electron chi connectivity index (χ0n) is 9.93. The van der Waals surface area contributed by atoms with Crippen LogP contribution < -0.4 is 5.73 Å². The molecule has 94 valence electrons. The molecule has 0 atom stereocenters. The molecule has 0 aliphatic heterocycles. The van der Waals surface area contributed by atoms with Gasteiger partial charge in [-0.2, -0.15) is 0 Å².